The molecule has 0 fully saturated rings. The van der Waals surface area contributed by atoms with Crippen LogP contribution in [0.5, 0.6) is 0 Å². The molecule has 3 heteroatoms. The van der Waals surface area contributed by atoms with Gasteiger partial charge in [0.25, 0.3) is 5.91 Å². The summed E-state index contributed by atoms with van der Waals surface area (Å²) >= 11 is 3.47. The quantitative estimate of drug-likeness (QED) is 0.857. The van der Waals surface area contributed by atoms with Crippen molar-refractivity contribution in [1.82, 2.24) is 5.32 Å². The third-order valence-corrected chi connectivity index (χ3v) is 3.32. The zero-order chi connectivity index (χ0) is 13.0. The molecule has 1 unspecified atom stereocenters. The van der Waals surface area contributed by atoms with Gasteiger partial charge < -0.3 is 5.32 Å². The lowest BCUT2D eigenvalue weighted by Crippen LogP contribution is -2.25. The van der Waals surface area contributed by atoms with Crippen molar-refractivity contribution in [1.29, 1.82) is 0 Å². The highest BCUT2D eigenvalue weighted by Crippen LogP contribution is 2.18. The molecule has 0 radical (unpaired) electrons. The van der Waals surface area contributed by atoms with Crippen LogP contribution in [0.1, 0.15) is 23.7 Å². The van der Waals surface area contributed by atoms with Crippen molar-refractivity contribution in [2.45, 2.75) is 18.2 Å². The monoisotopic (exact) mass is 305 g/mol. The van der Waals surface area contributed by atoms with Gasteiger partial charge in [-0.3, -0.25) is 4.79 Å². The maximum absolute atomic E-state index is 12.1. The molecule has 0 saturated heterocycles. The first-order chi connectivity index (χ1) is 8.68. The van der Waals surface area contributed by atoms with Crippen molar-refractivity contribution in [2.75, 3.05) is 6.54 Å². The number of hydrogen-bond acceptors (Lipinski definition) is 1. The fraction of sp³-hybridized carbons (Fsp3) is 0.267. The molecule has 1 amide bonds. The SMILES string of the molecule is CC(Br)CCNC(=O)c1cccc2ccccc12. The number of halogens is 1. The third-order valence-electron chi connectivity index (χ3n) is 2.86. The first-order valence-corrected chi connectivity index (χ1v) is 7.00. The van der Waals surface area contributed by atoms with Gasteiger partial charge in [0.1, 0.15) is 0 Å². The zero-order valence-corrected chi connectivity index (χ0v) is 11.9. The Morgan fingerprint density at radius 2 is 1.94 bits per heavy atom. The number of alkyl halides is 1. The minimum absolute atomic E-state index is 0.0000463. The van der Waals surface area contributed by atoms with Gasteiger partial charge in [-0.25, -0.2) is 0 Å². The number of carbonyl (C=O) groups excluding carboxylic acids is 1. The molecule has 0 saturated carbocycles. The Balaban J connectivity index is 2.17. The second kappa shape index (κ2) is 6.01. The second-order valence-corrected chi connectivity index (χ2v) is 5.92. The number of nitrogens with one attached hydrogen (secondary N) is 1. The van der Waals surface area contributed by atoms with Gasteiger partial charge in [0.2, 0.25) is 0 Å². The predicted octanol–water partition coefficient (Wildman–Crippen LogP) is 3.74. The van der Waals surface area contributed by atoms with Gasteiger partial charge in [-0.05, 0) is 23.3 Å². The van der Waals surface area contributed by atoms with Crippen LogP contribution >= 0.6 is 15.9 Å². The largest absolute Gasteiger partial charge is 0.352 e. The van der Waals surface area contributed by atoms with Crippen LogP contribution in [0.4, 0.5) is 0 Å². The van der Waals surface area contributed by atoms with Gasteiger partial charge in [0.05, 0.1) is 0 Å². The fourth-order valence-electron chi connectivity index (χ4n) is 1.90. The molecule has 2 nitrogen and oxygen atoms in total. The summed E-state index contributed by atoms with van der Waals surface area (Å²) < 4.78 is 0. The summed E-state index contributed by atoms with van der Waals surface area (Å²) in [6.45, 7) is 2.76. The highest BCUT2D eigenvalue weighted by molar-refractivity contribution is 9.09. The Bertz CT molecular complexity index is 546. The summed E-state index contributed by atoms with van der Waals surface area (Å²) in [5.74, 6) is -0.0000463. The maximum Gasteiger partial charge on any atom is 0.251 e. The topological polar surface area (TPSA) is 29.1 Å². The van der Waals surface area contributed by atoms with Crippen molar-refractivity contribution in [3.8, 4) is 0 Å². The van der Waals surface area contributed by atoms with E-state index >= 15 is 0 Å². The minimum Gasteiger partial charge on any atom is -0.352 e. The summed E-state index contributed by atoms with van der Waals surface area (Å²) in [5, 5.41) is 5.05. The van der Waals surface area contributed by atoms with Gasteiger partial charge in [-0.1, -0.05) is 59.3 Å². The molecule has 0 aromatic heterocycles. The van der Waals surface area contributed by atoms with E-state index in [4.69, 9.17) is 0 Å². The highest BCUT2D eigenvalue weighted by atomic mass is 79.9. The van der Waals surface area contributed by atoms with Gasteiger partial charge in [-0.2, -0.15) is 0 Å². The van der Waals surface area contributed by atoms with Crippen molar-refractivity contribution >= 4 is 32.6 Å². The summed E-state index contributed by atoms with van der Waals surface area (Å²) in [7, 11) is 0. The Hall–Kier alpha value is -1.35. The number of carbonyl (C=O) groups is 1. The average molecular weight is 306 g/mol. The van der Waals surface area contributed by atoms with Crippen LogP contribution in [0.15, 0.2) is 42.5 Å². The molecule has 0 spiro atoms. The standard InChI is InChI=1S/C15H16BrNO/c1-11(16)9-10-17-15(18)14-8-4-6-12-5-2-3-7-13(12)14/h2-8,11H,9-10H2,1H3,(H,17,18). The molecule has 1 atom stereocenters. The molecule has 2 aromatic carbocycles. The first-order valence-electron chi connectivity index (χ1n) is 6.08. The molecule has 18 heavy (non-hydrogen) atoms. The van der Waals surface area contributed by atoms with E-state index in [0.717, 1.165) is 22.8 Å². The lowest BCUT2D eigenvalue weighted by Gasteiger charge is -2.08. The van der Waals surface area contributed by atoms with Crippen LogP contribution < -0.4 is 5.32 Å². The van der Waals surface area contributed by atoms with E-state index in [1.807, 2.05) is 42.5 Å². The summed E-state index contributed by atoms with van der Waals surface area (Å²) in [6.07, 6.45) is 0.927. The number of rotatable bonds is 4. The van der Waals surface area contributed by atoms with Gasteiger partial charge in [-0.15, -0.1) is 0 Å². The van der Waals surface area contributed by atoms with Crippen molar-refractivity contribution in [2.24, 2.45) is 0 Å². The van der Waals surface area contributed by atoms with Crippen LogP contribution in [0.2, 0.25) is 0 Å². The smallest absolute Gasteiger partial charge is 0.251 e. The van der Waals surface area contributed by atoms with Gasteiger partial charge in [0, 0.05) is 16.9 Å². The van der Waals surface area contributed by atoms with Crippen LogP contribution in [-0.4, -0.2) is 17.3 Å². The fourth-order valence-corrected chi connectivity index (χ4v) is 2.13. The molecule has 2 aromatic rings. The summed E-state index contributed by atoms with van der Waals surface area (Å²) in [6, 6.07) is 13.8. The van der Waals surface area contributed by atoms with E-state index in [2.05, 4.69) is 28.2 Å². The Labute approximate surface area is 116 Å². The van der Waals surface area contributed by atoms with Crippen molar-refractivity contribution in [3.05, 3.63) is 48.0 Å². The molecule has 0 aliphatic heterocycles. The zero-order valence-electron chi connectivity index (χ0n) is 10.3. The van der Waals surface area contributed by atoms with Crippen molar-refractivity contribution < 1.29 is 4.79 Å². The van der Waals surface area contributed by atoms with Crippen molar-refractivity contribution in [3.63, 3.8) is 0 Å². The number of hydrogen-bond donors (Lipinski definition) is 1. The maximum atomic E-state index is 12.1. The van der Waals surface area contributed by atoms with Gasteiger partial charge >= 0.3 is 0 Å². The normalized spacial score (nSPS) is 12.3. The van der Waals surface area contributed by atoms with E-state index in [1.54, 1.807) is 0 Å². The lowest BCUT2D eigenvalue weighted by molar-refractivity contribution is 0.0955. The third kappa shape index (κ3) is 3.10. The highest BCUT2D eigenvalue weighted by Gasteiger charge is 2.08. The molecule has 2 rings (SSSR count). The van der Waals surface area contributed by atoms with Gasteiger partial charge in [0.15, 0.2) is 0 Å². The van der Waals surface area contributed by atoms with E-state index in [-0.39, 0.29) is 5.91 Å². The van der Waals surface area contributed by atoms with Crippen LogP contribution in [0, 0.1) is 0 Å². The average Bonchev–Trinajstić information content (AvgIpc) is 2.37. The summed E-state index contributed by atoms with van der Waals surface area (Å²) in [4.78, 5) is 12.5. The number of amides is 1. The molecular formula is C15H16BrNO. The van der Waals surface area contributed by atoms with E-state index in [0.29, 0.717) is 11.4 Å². The van der Waals surface area contributed by atoms with E-state index in [9.17, 15) is 4.79 Å². The molecule has 94 valence electrons. The predicted molar refractivity (Wildman–Crippen MR) is 79.3 cm³/mol. The Kier molecular flexibility index (Phi) is 4.37. The first kappa shape index (κ1) is 13.1. The molecule has 0 aliphatic rings. The molecule has 0 bridgehead atoms. The van der Waals surface area contributed by atoms with E-state index < -0.39 is 0 Å². The minimum atomic E-state index is -0.0000463. The molecule has 1 N–H and O–H groups in total. The van der Waals surface area contributed by atoms with Crippen LogP contribution in [0.3, 0.4) is 0 Å². The van der Waals surface area contributed by atoms with Crippen LogP contribution in [-0.2, 0) is 0 Å². The molecular weight excluding hydrogens is 290 g/mol. The van der Waals surface area contributed by atoms with Crippen LogP contribution in [0.25, 0.3) is 10.8 Å². The molecule has 0 heterocycles. The summed E-state index contributed by atoms with van der Waals surface area (Å²) in [5.41, 5.74) is 0.746. The van der Waals surface area contributed by atoms with E-state index in [1.165, 1.54) is 0 Å². The number of benzene rings is 2. The second-order valence-electron chi connectivity index (χ2n) is 4.35. The lowest BCUT2D eigenvalue weighted by atomic mass is 10.0. The Morgan fingerprint density at radius 1 is 1.22 bits per heavy atom. The molecule has 0 aliphatic carbocycles. The number of fused-ring (bicyclic) bond motifs is 1. The Morgan fingerprint density at radius 3 is 2.72 bits per heavy atom.